The molecule has 0 saturated carbocycles. The zero-order valence-electron chi connectivity index (χ0n) is 13.9. The summed E-state index contributed by atoms with van der Waals surface area (Å²) in [5, 5.41) is 19.2. The fourth-order valence-electron chi connectivity index (χ4n) is 2.62. The molecule has 1 aromatic heterocycles. The zero-order valence-corrected chi connectivity index (χ0v) is 13.9. The number of ether oxygens (including phenoxy) is 2. The van der Waals surface area contributed by atoms with Crippen LogP contribution in [0.2, 0.25) is 0 Å². The highest BCUT2D eigenvalue weighted by molar-refractivity contribution is 5.81. The molecule has 0 fully saturated rings. The van der Waals surface area contributed by atoms with Crippen LogP contribution in [0.5, 0.6) is 11.5 Å². The minimum absolute atomic E-state index is 0.470. The van der Waals surface area contributed by atoms with E-state index in [4.69, 9.17) is 9.47 Å². The van der Waals surface area contributed by atoms with E-state index in [2.05, 4.69) is 12.1 Å². The first-order chi connectivity index (χ1) is 11.0. The molecule has 1 aromatic carbocycles. The minimum atomic E-state index is 0.470. The van der Waals surface area contributed by atoms with Gasteiger partial charge in [0.15, 0.2) is 11.4 Å². The molecule has 1 heterocycles. The molecule has 116 valence electrons. The molecule has 0 unspecified atom stereocenters. The summed E-state index contributed by atoms with van der Waals surface area (Å²) in [6.07, 6.45) is 0. The van der Waals surface area contributed by atoms with Crippen molar-refractivity contribution >= 4 is 0 Å². The molecule has 5 nitrogen and oxygen atoms in total. The molecule has 0 saturated heterocycles. The van der Waals surface area contributed by atoms with Crippen LogP contribution in [-0.4, -0.2) is 14.2 Å². The summed E-state index contributed by atoms with van der Waals surface area (Å²) in [6, 6.07) is 9.80. The van der Waals surface area contributed by atoms with Gasteiger partial charge < -0.3 is 9.47 Å². The Hall–Kier alpha value is -3.05. The molecular formula is C18H18N3O2+. The highest BCUT2D eigenvalue weighted by Gasteiger charge is 2.26. The van der Waals surface area contributed by atoms with Crippen molar-refractivity contribution in [3.05, 3.63) is 40.7 Å². The standard InChI is InChI=1S/C18H18N3O2/c1-11-15(9-19)18(16(10-20)12(2)21(11)3)14-7-6-13(22-4)8-17(14)23-5/h6-8H,1-5H3/q+1. The summed E-state index contributed by atoms with van der Waals surface area (Å²) >= 11 is 0. The van der Waals surface area contributed by atoms with E-state index in [0.717, 1.165) is 11.4 Å². The fraction of sp³-hybridized carbons (Fsp3) is 0.278. The van der Waals surface area contributed by atoms with Crippen LogP contribution in [0.1, 0.15) is 22.5 Å². The van der Waals surface area contributed by atoms with E-state index in [1.807, 2.05) is 31.5 Å². The van der Waals surface area contributed by atoms with Gasteiger partial charge in [0.25, 0.3) is 0 Å². The van der Waals surface area contributed by atoms with E-state index in [-0.39, 0.29) is 0 Å². The third-order valence-electron chi connectivity index (χ3n) is 4.13. The predicted octanol–water partition coefficient (Wildman–Crippen LogP) is 2.56. The molecule has 0 N–H and O–H groups in total. The number of pyridine rings is 1. The summed E-state index contributed by atoms with van der Waals surface area (Å²) in [5.74, 6) is 1.21. The third-order valence-corrected chi connectivity index (χ3v) is 4.13. The lowest BCUT2D eigenvalue weighted by Crippen LogP contribution is -2.38. The zero-order chi connectivity index (χ0) is 17.1. The molecule has 0 atom stereocenters. The van der Waals surface area contributed by atoms with Gasteiger partial charge >= 0.3 is 0 Å². The van der Waals surface area contributed by atoms with E-state index in [9.17, 15) is 10.5 Å². The van der Waals surface area contributed by atoms with Crippen LogP contribution in [-0.2, 0) is 7.05 Å². The maximum Gasteiger partial charge on any atom is 0.196 e. The van der Waals surface area contributed by atoms with E-state index < -0.39 is 0 Å². The molecule has 0 aliphatic rings. The highest BCUT2D eigenvalue weighted by Crippen LogP contribution is 2.38. The molecule has 5 heteroatoms. The van der Waals surface area contributed by atoms with Crippen LogP contribution < -0.4 is 14.0 Å². The van der Waals surface area contributed by atoms with Gasteiger partial charge in [0, 0.05) is 31.0 Å². The first kappa shape index (κ1) is 16.3. The molecule has 23 heavy (non-hydrogen) atoms. The number of hydrogen-bond donors (Lipinski definition) is 0. The van der Waals surface area contributed by atoms with Gasteiger partial charge in [-0.25, -0.2) is 4.57 Å². The average Bonchev–Trinajstić information content (AvgIpc) is 2.58. The number of rotatable bonds is 3. The monoisotopic (exact) mass is 308 g/mol. The van der Waals surface area contributed by atoms with Gasteiger partial charge in [-0.3, -0.25) is 0 Å². The lowest BCUT2D eigenvalue weighted by Gasteiger charge is -2.14. The molecule has 0 radical (unpaired) electrons. The molecule has 2 rings (SSSR count). The lowest BCUT2D eigenvalue weighted by molar-refractivity contribution is -0.684. The van der Waals surface area contributed by atoms with E-state index in [0.29, 0.717) is 33.8 Å². The second-order valence-corrected chi connectivity index (χ2v) is 5.14. The Kier molecular flexibility index (Phi) is 4.52. The third kappa shape index (κ3) is 2.58. The van der Waals surface area contributed by atoms with Crippen LogP contribution in [0, 0.1) is 36.5 Å². The van der Waals surface area contributed by atoms with Crippen LogP contribution >= 0.6 is 0 Å². The Morgan fingerprint density at radius 2 is 1.52 bits per heavy atom. The van der Waals surface area contributed by atoms with Crippen LogP contribution in [0.15, 0.2) is 18.2 Å². The summed E-state index contributed by atoms with van der Waals surface area (Å²) < 4.78 is 12.5. The summed E-state index contributed by atoms with van der Waals surface area (Å²) in [7, 11) is 4.98. The van der Waals surface area contributed by atoms with E-state index in [1.54, 1.807) is 26.4 Å². The quantitative estimate of drug-likeness (QED) is 0.817. The molecule has 0 amide bonds. The number of benzene rings is 1. The molecule has 0 bridgehead atoms. The maximum absolute atomic E-state index is 9.62. The number of methoxy groups -OCH3 is 2. The first-order valence-corrected chi connectivity index (χ1v) is 7.05. The number of nitrogens with zero attached hydrogens (tertiary/aromatic N) is 3. The number of nitriles is 2. The Labute approximate surface area is 135 Å². The Balaban J connectivity index is 2.94. The summed E-state index contributed by atoms with van der Waals surface area (Å²) in [5.41, 5.74) is 3.85. The van der Waals surface area contributed by atoms with Gasteiger partial charge in [-0.1, -0.05) is 0 Å². The lowest BCUT2D eigenvalue weighted by atomic mass is 9.92. The van der Waals surface area contributed by atoms with Crippen LogP contribution in [0.3, 0.4) is 0 Å². The Morgan fingerprint density at radius 3 is 1.96 bits per heavy atom. The van der Waals surface area contributed by atoms with Crippen molar-refractivity contribution in [3.63, 3.8) is 0 Å². The summed E-state index contributed by atoms with van der Waals surface area (Å²) in [6.45, 7) is 3.73. The fourth-order valence-corrected chi connectivity index (χ4v) is 2.62. The SMILES string of the molecule is COc1ccc(-c2c(C#N)c(C)[n+](C)c(C)c2C#N)c(OC)c1. The smallest absolute Gasteiger partial charge is 0.196 e. The molecule has 0 aliphatic heterocycles. The van der Waals surface area contributed by atoms with Gasteiger partial charge in [-0.15, -0.1) is 0 Å². The van der Waals surface area contributed by atoms with Gasteiger partial charge in [0.2, 0.25) is 0 Å². The topological polar surface area (TPSA) is 69.9 Å². The van der Waals surface area contributed by atoms with Crippen LogP contribution in [0.25, 0.3) is 11.1 Å². The second-order valence-electron chi connectivity index (χ2n) is 5.14. The highest BCUT2D eigenvalue weighted by atomic mass is 16.5. The van der Waals surface area contributed by atoms with Crippen molar-refractivity contribution in [1.29, 1.82) is 10.5 Å². The van der Waals surface area contributed by atoms with Crippen molar-refractivity contribution in [3.8, 4) is 34.8 Å². The number of aromatic nitrogens is 1. The molecule has 0 spiro atoms. The maximum atomic E-state index is 9.62. The van der Waals surface area contributed by atoms with Crippen molar-refractivity contribution in [2.24, 2.45) is 7.05 Å². The summed E-state index contributed by atoms with van der Waals surface area (Å²) in [4.78, 5) is 0. The molecule has 0 aliphatic carbocycles. The van der Waals surface area contributed by atoms with Crippen LogP contribution in [0.4, 0.5) is 0 Å². The Bertz CT molecular complexity index is 817. The second kappa shape index (κ2) is 6.37. The first-order valence-electron chi connectivity index (χ1n) is 7.05. The van der Waals surface area contributed by atoms with E-state index in [1.165, 1.54) is 0 Å². The average molecular weight is 308 g/mol. The van der Waals surface area contributed by atoms with Crippen molar-refractivity contribution in [2.45, 2.75) is 13.8 Å². The van der Waals surface area contributed by atoms with E-state index >= 15 is 0 Å². The Morgan fingerprint density at radius 1 is 0.957 bits per heavy atom. The molecule has 2 aromatic rings. The van der Waals surface area contributed by atoms with Crippen molar-refractivity contribution < 1.29 is 14.0 Å². The van der Waals surface area contributed by atoms with Gasteiger partial charge in [-0.2, -0.15) is 10.5 Å². The van der Waals surface area contributed by atoms with Crippen molar-refractivity contribution in [1.82, 2.24) is 0 Å². The van der Waals surface area contributed by atoms with Gasteiger partial charge in [0.1, 0.15) is 41.8 Å². The largest absolute Gasteiger partial charge is 0.497 e. The minimum Gasteiger partial charge on any atom is -0.497 e. The van der Waals surface area contributed by atoms with Gasteiger partial charge in [0.05, 0.1) is 14.2 Å². The van der Waals surface area contributed by atoms with Crippen molar-refractivity contribution in [2.75, 3.05) is 14.2 Å². The normalized spacial score (nSPS) is 9.87. The number of hydrogen-bond acceptors (Lipinski definition) is 4. The predicted molar refractivity (Wildman–Crippen MR) is 85.1 cm³/mol. The molecular weight excluding hydrogens is 290 g/mol. The van der Waals surface area contributed by atoms with Gasteiger partial charge in [-0.05, 0) is 12.1 Å².